The molecule has 0 amide bonds. The van der Waals surface area contributed by atoms with Crippen LogP contribution in [0.15, 0.2) is 34.5 Å². The normalized spacial score (nSPS) is 10.4. The maximum absolute atomic E-state index is 12.7. The molecule has 0 aliphatic carbocycles. The minimum absolute atomic E-state index is 0.247. The average molecular weight is 297 g/mol. The van der Waals surface area contributed by atoms with Crippen LogP contribution in [-0.2, 0) is 10.5 Å². The molecule has 3 nitrogen and oxygen atoms in total. The number of carbonyl (C=O) groups is 1. The molecule has 0 saturated heterocycles. The highest BCUT2D eigenvalue weighted by molar-refractivity contribution is 7.98. The van der Waals surface area contributed by atoms with E-state index in [1.165, 1.54) is 23.5 Å². The summed E-state index contributed by atoms with van der Waals surface area (Å²) in [6, 6.07) is 6.29. The summed E-state index contributed by atoms with van der Waals surface area (Å²) in [7, 11) is 0. The molecule has 0 radical (unpaired) electrons. The fourth-order valence-electron chi connectivity index (χ4n) is 1.35. The van der Waals surface area contributed by atoms with Gasteiger partial charge in [0, 0.05) is 10.3 Å². The lowest BCUT2D eigenvalue weighted by molar-refractivity contribution is 0.0520. The van der Waals surface area contributed by atoms with E-state index in [1.54, 1.807) is 36.2 Å². The van der Waals surface area contributed by atoms with Crippen LogP contribution in [0.5, 0.6) is 0 Å². The molecule has 0 aliphatic rings. The van der Waals surface area contributed by atoms with Gasteiger partial charge >= 0.3 is 5.97 Å². The fraction of sp³-hybridized carbons (Fsp3) is 0.231. The van der Waals surface area contributed by atoms with E-state index in [0.29, 0.717) is 18.1 Å². The monoisotopic (exact) mass is 297 g/mol. The third-order valence-corrected chi connectivity index (χ3v) is 4.27. The van der Waals surface area contributed by atoms with Gasteiger partial charge in [-0.3, -0.25) is 0 Å². The van der Waals surface area contributed by atoms with Gasteiger partial charge in [-0.05, 0) is 31.2 Å². The number of carbonyl (C=O) groups excluding carboxylic acids is 1. The van der Waals surface area contributed by atoms with E-state index in [1.807, 2.05) is 0 Å². The quantitative estimate of drug-likeness (QED) is 0.622. The van der Waals surface area contributed by atoms with Crippen LogP contribution < -0.4 is 0 Å². The van der Waals surface area contributed by atoms with Crippen molar-refractivity contribution >= 4 is 29.1 Å². The summed E-state index contributed by atoms with van der Waals surface area (Å²) in [4.78, 5) is 16.6. The predicted molar refractivity (Wildman–Crippen MR) is 74.0 cm³/mol. The van der Waals surface area contributed by atoms with Crippen molar-refractivity contribution in [2.75, 3.05) is 6.61 Å². The third-order valence-electron chi connectivity index (χ3n) is 2.21. The highest BCUT2D eigenvalue weighted by Crippen LogP contribution is 2.24. The lowest BCUT2D eigenvalue weighted by Gasteiger charge is -1.99. The Bertz CT molecular complexity index is 554. The highest BCUT2D eigenvalue weighted by atomic mass is 32.2. The number of hydrogen-bond donors (Lipinski definition) is 0. The third kappa shape index (κ3) is 4.04. The number of thioether (sulfide) groups is 1. The van der Waals surface area contributed by atoms with Gasteiger partial charge in [-0.2, -0.15) is 0 Å². The first-order chi connectivity index (χ1) is 9.19. The molecule has 0 N–H and O–H groups in total. The summed E-state index contributed by atoms with van der Waals surface area (Å²) >= 11 is 2.97. The zero-order valence-corrected chi connectivity index (χ0v) is 11.9. The second-order valence-corrected chi connectivity index (χ2v) is 5.58. The molecule has 19 heavy (non-hydrogen) atoms. The number of hydrogen-bond acceptors (Lipinski definition) is 5. The summed E-state index contributed by atoms with van der Waals surface area (Å²) in [5.41, 5.74) is 0.349. The second-order valence-electron chi connectivity index (χ2n) is 3.59. The Morgan fingerprint density at radius 2 is 2.16 bits per heavy atom. The Morgan fingerprint density at radius 3 is 2.84 bits per heavy atom. The molecule has 0 fully saturated rings. The van der Waals surface area contributed by atoms with Gasteiger partial charge in [-0.15, -0.1) is 23.1 Å². The van der Waals surface area contributed by atoms with Crippen LogP contribution in [0.1, 0.15) is 22.4 Å². The number of nitrogens with zero attached hydrogens (tertiary/aromatic N) is 1. The van der Waals surface area contributed by atoms with Crippen molar-refractivity contribution in [2.24, 2.45) is 0 Å². The molecule has 2 rings (SSSR count). The highest BCUT2D eigenvalue weighted by Gasteiger charge is 2.11. The average Bonchev–Trinajstić information content (AvgIpc) is 2.87. The van der Waals surface area contributed by atoms with Gasteiger partial charge in [0.05, 0.1) is 12.4 Å². The van der Waals surface area contributed by atoms with E-state index < -0.39 is 5.97 Å². The summed E-state index contributed by atoms with van der Waals surface area (Å²) in [6.07, 6.45) is 0. The van der Waals surface area contributed by atoms with Gasteiger partial charge in [0.25, 0.3) is 0 Å². The lowest BCUT2D eigenvalue weighted by Crippen LogP contribution is -2.04. The van der Waals surface area contributed by atoms with Crippen LogP contribution in [0.4, 0.5) is 4.39 Å². The summed E-state index contributed by atoms with van der Waals surface area (Å²) in [5, 5.41) is 2.54. The van der Waals surface area contributed by atoms with Crippen molar-refractivity contribution < 1.29 is 13.9 Å². The molecule has 0 saturated carbocycles. The standard InChI is InChI=1S/C13H12FNO2S2/c1-2-17-13(16)11-7-19-12(15-11)8-18-10-5-3-9(14)4-6-10/h3-7H,2,8H2,1H3. The predicted octanol–water partition coefficient (Wildman–Crippen LogP) is 3.75. The fourth-order valence-corrected chi connectivity index (χ4v) is 3.03. The first-order valence-corrected chi connectivity index (χ1v) is 7.55. The van der Waals surface area contributed by atoms with Crippen LogP contribution in [0, 0.1) is 5.82 Å². The smallest absolute Gasteiger partial charge is 0.357 e. The maximum atomic E-state index is 12.7. The molecule has 1 aromatic heterocycles. The van der Waals surface area contributed by atoms with Crippen LogP contribution in [0.2, 0.25) is 0 Å². The first-order valence-electron chi connectivity index (χ1n) is 5.69. The van der Waals surface area contributed by atoms with Crippen molar-refractivity contribution in [3.05, 3.63) is 46.2 Å². The van der Waals surface area contributed by atoms with E-state index in [-0.39, 0.29) is 5.82 Å². The van der Waals surface area contributed by atoms with Crippen LogP contribution in [-0.4, -0.2) is 17.6 Å². The minimum Gasteiger partial charge on any atom is -0.461 e. The number of halogens is 1. The van der Waals surface area contributed by atoms with Gasteiger partial charge in [0.1, 0.15) is 10.8 Å². The van der Waals surface area contributed by atoms with E-state index >= 15 is 0 Å². The Kier molecular flexibility index (Phi) is 4.93. The van der Waals surface area contributed by atoms with Crippen molar-refractivity contribution in [2.45, 2.75) is 17.6 Å². The molecule has 0 unspecified atom stereocenters. The van der Waals surface area contributed by atoms with Gasteiger partial charge in [0.2, 0.25) is 0 Å². The van der Waals surface area contributed by atoms with E-state index in [9.17, 15) is 9.18 Å². The Labute approximate surface area is 118 Å². The van der Waals surface area contributed by atoms with E-state index in [4.69, 9.17) is 4.74 Å². The molecule has 0 atom stereocenters. The zero-order chi connectivity index (χ0) is 13.7. The zero-order valence-electron chi connectivity index (χ0n) is 10.3. The summed E-state index contributed by atoms with van der Waals surface area (Å²) in [5.74, 6) is 0.00961. The Balaban J connectivity index is 1.93. The Hall–Kier alpha value is -1.40. The maximum Gasteiger partial charge on any atom is 0.357 e. The molecule has 6 heteroatoms. The molecule has 2 aromatic rings. The molecule has 0 aliphatic heterocycles. The number of rotatable bonds is 5. The SMILES string of the molecule is CCOC(=O)c1csc(CSc2ccc(F)cc2)n1. The molecular weight excluding hydrogens is 285 g/mol. The molecule has 0 bridgehead atoms. The number of esters is 1. The van der Waals surface area contributed by atoms with E-state index in [0.717, 1.165) is 9.90 Å². The summed E-state index contributed by atoms with van der Waals surface area (Å²) in [6.45, 7) is 2.10. The van der Waals surface area contributed by atoms with Gasteiger partial charge in [-0.1, -0.05) is 0 Å². The first kappa shape index (κ1) is 14.0. The van der Waals surface area contributed by atoms with Crippen molar-refractivity contribution in [1.29, 1.82) is 0 Å². The van der Waals surface area contributed by atoms with Crippen LogP contribution >= 0.6 is 23.1 Å². The van der Waals surface area contributed by atoms with Gasteiger partial charge in [-0.25, -0.2) is 14.2 Å². The lowest BCUT2D eigenvalue weighted by atomic mass is 10.4. The number of thiazole rings is 1. The minimum atomic E-state index is -0.392. The summed E-state index contributed by atoms with van der Waals surface area (Å²) < 4.78 is 17.6. The molecule has 100 valence electrons. The Morgan fingerprint density at radius 1 is 1.42 bits per heavy atom. The molecular formula is C13H12FNO2S2. The topological polar surface area (TPSA) is 39.2 Å². The molecule has 0 spiro atoms. The second kappa shape index (κ2) is 6.68. The number of aromatic nitrogens is 1. The molecule has 1 aromatic carbocycles. The van der Waals surface area contributed by atoms with Crippen LogP contribution in [0.25, 0.3) is 0 Å². The van der Waals surface area contributed by atoms with Gasteiger partial charge in [0.15, 0.2) is 5.69 Å². The van der Waals surface area contributed by atoms with E-state index in [2.05, 4.69) is 4.98 Å². The van der Waals surface area contributed by atoms with Crippen molar-refractivity contribution in [3.63, 3.8) is 0 Å². The number of ether oxygens (including phenoxy) is 1. The number of benzene rings is 1. The van der Waals surface area contributed by atoms with Crippen molar-refractivity contribution in [3.8, 4) is 0 Å². The van der Waals surface area contributed by atoms with Crippen molar-refractivity contribution in [1.82, 2.24) is 4.98 Å². The van der Waals surface area contributed by atoms with Gasteiger partial charge < -0.3 is 4.74 Å². The largest absolute Gasteiger partial charge is 0.461 e. The molecule has 1 heterocycles. The van der Waals surface area contributed by atoms with Crippen LogP contribution in [0.3, 0.4) is 0 Å².